The van der Waals surface area contributed by atoms with Crippen molar-refractivity contribution in [1.29, 1.82) is 0 Å². The van der Waals surface area contributed by atoms with Crippen molar-refractivity contribution in [2.45, 2.75) is 44.3 Å². The minimum absolute atomic E-state index is 0.0688. The molecule has 0 saturated heterocycles. The maximum absolute atomic E-state index is 12.4. The Morgan fingerprint density at radius 3 is 2.29 bits per heavy atom. The number of urea groups is 1. The zero-order valence-corrected chi connectivity index (χ0v) is 13.1. The lowest BCUT2D eigenvalue weighted by molar-refractivity contribution is 0.146. The van der Waals surface area contributed by atoms with Gasteiger partial charge in [-0.1, -0.05) is 37.1 Å². The van der Waals surface area contributed by atoms with Gasteiger partial charge >= 0.3 is 6.03 Å². The van der Waals surface area contributed by atoms with Gasteiger partial charge in [-0.2, -0.15) is 0 Å². The molecule has 1 fully saturated rings. The van der Waals surface area contributed by atoms with Gasteiger partial charge in [-0.15, -0.1) is 0 Å². The molecule has 21 heavy (non-hydrogen) atoms. The molecule has 1 aromatic carbocycles. The van der Waals surface area contributed by atoms with Gasteiger partial charge in [0.15, 0.2) is 0 Å². The minimum Gasteiger partial charge on any atom is -0.336 e. The molecule has 1 aliphatic carbocycles. The van der Waals surface area contributed by atoms with Gasteiger partial charge in [0.05, 0.1) is 0 Å². The molecule has 2 amide bonds. The van der Waals surface area contributed by atoms with E-state index in [0.29, 0.717) is 0 Å². The van der Waals surface area contributed by atoms with Crippen molar-refractivity contribution in [3.63, 3.8) is 0 Å². The molecule has 2 aliphatic rings. The van der Waals surface area contributed by atoms with Crippen LogP contribution in [0.2, 0.25) is 0 Å². The van der Waals surface area contributed by atoms with Crippen LogP contribution in [0, 0.1) is 0 Å². The summed E-state index contributed by atoms with van der Waals surface area (Å²) in [4.78, 5) is 16.6. The third kappa shape index (κ3) is 2.77. The molecule has 1 aliphatic heterocycles. The maximum atomic E-state index is 12.4. The Morgan fingerprint density at radius 1 is 1.19 bits per heavy atom. The summed E-state index contributed by atoms with van der Waals surface area (Å²) in [5, 5.41) is 3.17. The highest BCUT2D eigenvalue weighted by Gasteiger charge is 2.36. The lowest BCUT2D eigenvalue weighted by Gasteiger charge is -2.37. The number of nitrogens with one attached hydrogen (secondary N) is 1. The van der Waals surface area contributed by atoms with E-state index in [1.54, 1.807) is 0 Å². The van der Waals surface area contributed by atoms with E-state index in [1.807, 2.05) is 17.0 Å². The van der Waals surface area contributed by atoms with E-state index in [1.165, 1.54) is 36.8 Å². The second kappa shape index (κ2) is 5.68. The van der Waals surface area contributed by atoms with Gasteiger partial charge in [-0.25, -0.2) is 4.79 Å². The Morgan fingerprint density at radius 2 is 1.76 bits per heavy atom. The summed E-state index contributed by atoms with van der Waals surface area (Å²) in [5.41, 5.74) is 2.70. The second-order valence-electron chi connectivity index (χ2n) is 6.61. The van der Waals surface area contributed by atoms with Gasteiger partial charge in [0, 0.05) is 25.2 Å². The number of benzene rings is 1. The number of rotatable bonds is 3. The topological polar surface area (TPSA) is 35.6 Å². The number of carbonyl (C=O) groups is 1. The molecule has 1 aromatic rings. The molecule has 0 bridgehead atoms. The van der Waals surface area contributed by atoms with Crippen molar-refractivity contribution in [3.8, 4) is 0 Å². The number of hydrogen-bond acceptors (Lipinski definition) is 2. The van der Waals surface area contributed by atoms with E-state index >= 15 is 0 Å². The molecule has 1 saturated carbocycles. The van der Waals surface area contributed by atoms with Gasteiger partial charge in [-0.3, -0.25) is 0 Å². The predicted octanol–water partition coefficient (Wildman–Crippen LogP) is 2.59. The van der Waals surface area contributed by atoms with E-state index in [4.69, 9.17) is 0 Å². The number of nitrogens with zero attached hydrogens (tertiary/aromatic N) is 2. The summed E-state index contributed by atoms with van der Waals surface area (Å²) >= 11 is 0. The highest BCUT2D eigenvalue weighted by molar-refractivity contribution is 5.75. The largest absolute Gasteiger partial charge is 0.336 e. The first kappa shape index (κ1) is 14.4. The van der Waals surface area contributed by atoms with Crippen LogP contribution in [0.3, 0.4) is 0 Å². The average molecular weight is 287 g/mol. The Bertz CT molecular complexity index is 496. The van der Waals surface area contributed by atoms with Crippen LogP contribution in [0.4, 0.5) is 4.79 Å². The van der Waals surface area contributed by atoms with Crippen LogP contribution >= 0.6 is 0 Å². The molecule has 3 rings (SSSR count). The first-order valence-electron chi connectivity index (χ1n) is 7.88. The maximum Gasteiger partial charge on any atom is 0.318 e. The number of hydrogen-bond donors (Lipinski definition) is 1. The number of amides is 2. The third-order valence-electron chi connectivity index (χ3n) is 5.18. The molecule has 4 heteroatoms. The van der Waals surface area contributed by atoms with Crippen LogP contribution in [0.15, 0.2) is 24.3 Å². The smallest absolute Gasteiger partial charge is 0.318 e. The van der Waals surface area contributed by atoms with Crippen LogP contribution < -0.4 is 5.32 Å². The summed E-state index contributed by atoms with van der Waals surface area (Å²) in [5.74, 6) is 0. The normalized spacial score (nSPS) is 19.9. The fraction of sp³-hybridized carbons (Fsp3) is 0.588. The van der Waals surface area contributed by atoms with Gasteiger partial charge < -0.3 is 15.1 Å². The van der Waals surface area contributed by atoms with Gasteiger partial charge in [0.25, 0.3) is 0 Å². The molecule has 4 nitrogen and oxygen atoms in total. The van der Waals surface area contributed by atoms with Crippen molar-refractivity contribution in [2.24, 2.45) is 0 Å². The zero-order chi connectivity index (χ0) is 14.9. The Labute approximate surface area is 127 Å². The van der Waals surface area contributed by atoms with Crippen molar-refractivity contribution in [1.82, 2.24) is 15.1 Å². The molecular formula is C17H25N3O. The Kier molecular flexibility index (Phi) is 3.89. The fourth-order valence-electron chi connectivity index (χ4n) is 3.64. The molecule has 0 aromatic heterocycles. The average Bonchev–Trinajstić information content (AvgIpc) is 3.12. The highest BCUT2D eigenvalue weighted by Crippen LogP contribution is 2.33. The first-order valence-corrected chi connectivity index (χ1v) is 7.88. The van der Waals surface area contributed by atoms with E-state index in [-0.39, 0.29) is 11.6 Å². The quantitative estimate of drug-likeness (QED) is 0.927. The second-order valence-corrected chi connectivity index (χ2v) is 6.61. The molecule has 0 radical (unpaired) electrons. The molecule has 0 spiro atoms. The van der Waals surface area contributed by atoms with Crippen LogP contribution in [-0.2, 0) is 13.1 Å². The summed E-state index contributed by atoms with van der Waals surface area (Å²) in [6, 6.07) is 8.38. The van der Waals surface area contributed by atoms with Crippen LogP contribution in [0.5, 0.6) is 0 Å². The fourth-order valence-corrected chi connectivity index (χ4v) is 3.64. The van der Waals surface area contributed by atoms with E-state index < -0.39 is 0 Å². The lowest BCUT2D eigenvalue weighted by atomic mass is 9.96. The number of likely N-dealkylation sites (N-methyl/N-ethyl adjacent to an activating group) is 1. The summed E-state index contributed by atoms with van der Waals surface area (Å²) in [6.07, 6.45) is 4.90. The number of fused-ring (bicyclic) bond motifs is 1. The van der Waals surface area contributed by atoms with Crippen molar-refractivity contribution in [3.05, 3.63) is 35.4 Å². The minimum atomic E-state index is 0.0688. The summed E-state index contributed by atoms with van der Waals surface area (Å²) in [6.45, 7) is 2.22. The molecule has 114 valence electrons. The van der Waals surface area contributed by atoms with Crippen LogP contribution in [0.1, 0.15) is 36.8 Å². The first-order chi connectivity index (χ1) is 10.1. The molecular weight excluding hydrogens is 262 g/mol. The predicted molar refractivity (Wildman–Crippen MR) is 84.0 cm³/mol. The summed E-state index contributed by atoms with van der Waals surface area (Å²) < 4.78 is 0. The summed E-state index contributed by atoms with van der Waals surface area (Å²) in [7, 11) is 4.26. The van der Waals surface area contributed by atoms with Gasteiger partial charge in [0.2, 0.25) is 0 Å². The molecule has 1 N–H and O–H groups in total. The monoisotopic (exact) mass is 287 g/mol. The van der Waals surface area contributed by atoms with E-state index in [0.717, 1.165) is 19.6 Å². The molecule has 0 unspecified atom stereocenters. The van der Waals surface area contributed by atoms with Crippen LogP contribution in [0.25, 0.3) is 0 Å². The Balaban J connectivity index is 1.58. The van der Waals surface area contributed by atoms with Crippen molar-refractivity contribution in [2.75, 3.05) is 20.6 Å². The van der Waals surface area contributed by atoms with Crippen molar-refractivity contribution < 1.29 is 4.79 Å². The SMILES string of the molecule is CN(C)C1(CNC(=O)N2Cc3ccccc3C2)CCCC1. The standard InChI is InChI=1S/C17H25N3O/c1-19(2)17(9-5-6-10-17)13-18-16(21)20-11-14-7-3-4-8-15(14)12-20/h3-4,7-8H,5-6,9-13H2,1-2H3,(H,18,21). The molecule has 0 atom stereocenters. The van der Waals surface area contributed by atoms with E-state index in [9.17, 15) is 4.79 Å². The van der Waals surface area contributed by atoms with Gasteiger partial charge in [0.1, 0.15) is 0 Å². The Hall–Kier alpha value is -1.55. The molecule has 1 heterocycles. The van der Waals surface area contributed by atoms with E-state index in [2.05, 4.69) is 36.4 Å². The van der Waals surface area contributed by atoms with Crippen molar-refractivity contribution >= 4 is 6.03 Å². The zero-order valence-electron chi connectivity index (χ0n) is 13.1. The number of carbonyl (C=O) groups excluding carboxylic acids is 1. The third-order valence-corrected chi connectivity index (χ3v) is 5.18. The highest BCUT2D eigenvalue weighted by atomic mass is 16.2. The van der Waals surface area contributed by atoms with Crippen LogP contribution in [-0.4, -0.2) is 42.0 Å². The van der Waals surface area contributed by atoms with Gasteiger partial charge in [-0.05, 0) is 38.1 Å². The lowest BCUT2D eigenvalue weighted by Crippen LogP contribution is -2.52.